The zero-order valence-corrected chi connectivity index (χ0v) is 10.9. The van der Waals surface area contributed by atoms with Crippen molar-refractivity contribution in [3.8, 4) is 0 Å². The average Bonchev–Trinajstić information content (AvgIpc) is 2.44. The number of rotatable bonds is 2. The second-order valence-corrected chi connectivity index (χ2v) is 4.87. The van der Waals surface area contributed by atoms with E-state index in [2.05, 4.69) is 20.8 Å². The minimum Gasteiger partial charge on any atom is -0.356 e. The molecule has 1 atom stereocenters. The molecule has 1 amide bonds. The van der Waals surface area contributed by atoms with Gasteiger partial charge in [0.25, 0.3) is 0 Å². The second-order valence-electron chi connectivity index (χ2n) is 4.52. The van der Waals surface area contributed by atoms with Gasteiger partial charge in [0.05, 0.1) is 0 Å². The molecule has 1 aromatic heterocycles. The summed E-state index contributed by atoms with van der Waals surface area (Å²) in [4.78, 5) is 11.8. The first-order valence-corrected chi connectivity index (χ1v) is 6.58. The number of halogens is 1. The molecule has 3 rings (SSSR count). The third-order valence-electron chi connectivity index (χ3n) is 3.24. The summed E-state index contributed by atoms with van der Waals surface area (Å²) in [7, 11) is 0. The Hall–Kier alpha value is -1.88. The summed E-state index contributed by atoms with van der Waals surface area (Å²) in [5.74, 6) is 0.606. The Labute approximate surface area is 115 Å². The van der Waals surface area contributed by atoms with Crippen LogP contribution in [0.15, 0.2) is 24.3 Å². The first-order chi connectivity index (χ1) is 9.25. The molecular weight excluding hydrogens is 264 g/mol. The lowest BCUT2D eigenvalue weighted by Gasteiger charge is -2.23. The predicted molar refractivity (Wildman–Crippen MR) is 74.2 cm³/mol. The highest BCUT2D eigenvalue weighted by molar-refractivity contribution is 6.34. The molecule has 1 aliphatic rings. The van der Waals surface area contributed by atoms with Gasteiger partial charge in [-0.1, -0.05) is 35.9 Å². The molecule has 2 aromatic rings. The van der Waals surface area contributed by atoms with E-state index >= 15 is 0 Å². The Morgan fingerprint density at radius 3 is 2.84 bits per heavy atom. The summed E-state index contributed by atoms with van der Waals surface area (Å²) in [5.41, 5.74) is 0. The monoisotopic (exact) mass is 276 g/mol. The van der Waals surface area contributed by atoms with E-state index in [1.807, 2.05) is 24.3 Å². The summed E-state index contributed by atoms with van der Waals surface area (Å²) in [6.07, 6.45) is 1.76. The van der Waals surface area contributed by atoms with Gasteiger partial charge in [-0.05, 0) is 12.8 Å². The van der Waals surface area contributed by atoms with Crippen molar-refractivity contribution >= 4 is 34.1 Å². The molecule has 0 aliphatic carbocycles. The number of fused-ring (bicyclic) bond motifs is 1. The number of carbonyl (C=O) groups excluding carboxylic acids is 1. The van der Waals surface area contributed by atoms with Crippen LogP contribution in [-0.4, -0.2) is 28.7 Å². The molecule has 0 radical (unpaired) electrons. The highest BCUT2D eigenvalue weighted by atomic mass is 35.5. The van der Waals surface area contributed by atoms with Crippen LogP contribution in [0.2, 0.25) is 5.15 Å². The number of amides is 1. The molecule has 5 nitrogen and oxygen atoms in total. The molecule has 1 fully saturated rings. The maximum atomic E-state index is 11.8. The molecule has 1 aromatic carbocycles. The summed E-state index contributed by atoms with van der Waals surface area (Å²) >= 11 is 6.02. The fraction of sp³-hybridized carbons (Fsp3) is 0.308. The molecule has 2 N–H and O–H groups in total. The number of piperidine rings is 1. The molecule has 1 saturated heterocycles. The fourth-order valence-corrected chi connectivity index (χ4v) is 2.46. The molecule has 2 heterocycles. The van der Waals surface area contributed by atoms with Gasteiger partial charge >= 0.3 is 0 Å². The number of nitrogens with one attached hydrogen (secondary N) is 2. The minimum atomic E-state index is -0.257. The molecular formula is C13H13ClN4O. The van der Waals surface area contributed by atoms with Crippen LogP contribution in [0, 0.1) is 0 Å². The number of nitrogens with zero attached hydrogens (tertiary/aromatic N) is 2. The SMILES string of the molecule is O=C1NCCCC1Nc1nnc(Cl)c2ccccc12. The lowest BCUT2D eigenvalue weighted by molar-refractivity contribution is -0.123. The maximum Gasteiger partial charge on any atom is 0.242 e. The molecule has 98 valence electrons. The van der Waals surface area contributed by atoms with Crippen LogP contribution in [0.1, 0.15) is 12.8 Å². The van der Waals surface area contributed by atoms with Gasteiger partial charge in [-0.15, -0.1) is 10.2 Å². The minimum absolute atomic E-state index is 0.00656. The van der Waals surface area contributed by atoms with Gasteiger partial charge in [0.15, 0.2) is 11.0 Å². The Morgan fingerprint density at radius 2 is 2.05 bits per heavy atom. The van der Waals surface area contributed by atoms with Gasteiger partial charge in [0.1, 0.15) is 6.04 Å². The molecule has 0 saturated carbocycles. The molecule has 0 bridgehead atoms. The highest BCUT2D eigenvalue weighted by Gasteiger charge is 2.23. The van der Waals surface area contributed by atoms with Crippen molar-refractivity contribution < 1.29 is 4.79 Å². The molecule has 1 aliphatic heterocycles. The van der Waals surface area contributed by atoms with Gasteiger partial charge < -0.3 is 10.6 Å². The van der Waals surface area contributed by atoms with Gasteiger partial charge in [-0.25, -0.2) is 0 Å². The van der Waals surface area contributed by atoms with Crippen molar-refractivity contribution in [3.63, 3.8) is 0 Å². The summed E-state index contributed by atoms with van der Waals surface area (Å²) < 4.78 is 0. The van der Waals surface area contributed by atoms with E-state index in [4.69, 9.17) is 11.6 Å². The van der Waals surface area contributed by atoms with Crippen LogP contribution >= 0.6 is 11.6 Å². The Balaban J connectivity index is 1.97. The smallest absolute Gasteiger partial charge is 0.242 e. The summed E-state index contributed by atoms with van der Waals surface area (Å²) in [6, 6.07) is 7.35. The summed E-state index contributed by atoms with van der Waals surface area (Å²) in [6.45, 7) is 0.740. The molecule has 0 spiro atoms. The van der Waals surface area contributed by atoms with Crippen LogP contribution in [0.4, 0.5) is 5.82 Å². The van der Waals surface area contributed by atoms with Gasteiger partial charge in [0.2, 0.25) is 5.91 Å². The standard InChI is InChI=1S/C13H13ClN4O/c14-11-8-4-1-2-5-9(8)12(18-17-11)16-10-6-3-7-15-13(10)19/h1-2,4-5,10H,3,6-7H2,(H,15,19)(H,16,18). The Morgan fingerprint density at radius 1 is 1.26 bits per heavy atom. The molecule has 1 unspecified atom stereocenters. The van der Waals surface area contributed by atoms with Crippen LogP contribution < -0.4 is 10.6 Å². The van der Waals surface area contributed by atoms with E-state index in [0.29, 0.717) is 11.0 Å². The number of anilines is 1. The maximum absolute atomic E-state index is 11.8. The zero-order chi connectivity index (χ0) is 13.2. The average molecular weight is 277 g/mol. The van der Waals surface area contributed by atoms with Crippen molar-refractivity contribution in [2.24, 2.45) is 0 Å². The van der Waals surface area contributed by atoms with Crippen molar-refractivity contribution in [2.75, 3.05) is 11.9 Å². The number of benzene rings is 1. The van der Waals surface area contributed by atoms with E-state index < -0.39 is 0 Å². The topological polar surface area (TPSA) is 66.9 Å². The van der Waals surface area contributed by atoms with Crippen molar-refractivity contribution in [2.45, 2.75) is 18.9 Å². The van der Waals surface area contributed by atoms with E-state index in [-0.39, 0.29) is 11.9 Å². The third-order valence-corrected chi connectivity index (χ3v) is 3.52. The largest absolute Gasteiger partial charge is 0.356 e. The predicted octanol–water partition coefficient (Wildman–Crippen LogP) is 1.97. The fourth-order valence-electron chi connectivity index (χ4n) is 2.25. The lowest BCUT2D eigenvalue weighted by atomic mass is 10.1. The second kappa shape index (κ2) is 5.01. The Bertz CT molecular complexity index is 631. The lowest BCUT2D eigenvalue weighted by Crippen LogP contribution is -2.44. The van der Waals surface area contributed by atoms with Gasteiger partial charge in [-0.2, -0.15) is 0 Å². The van der Waals surface area contributed by atoms with Crippen LogP contribution in [0.25, 0.3) is 10.8 Å². The Kier molecular flexibility index (Phi) is 3.21. The number of hydrogen-bond donors (Lipinski definition) is 2. The summed E-state index contributed by atoms with van der Waals surface area (Å²) in [5, 5.41) is 16.1. The molecule has 6 heteroatoms. The van der Waals surface area contributed by atoms with Crippen molar-refractivity contribution in [3.05, 3.63) is 29.4 Å². The highest BCUT2D eigenvalue weighted by Crippen LogP contribution is 2.26. The quantitative estimate of drug-likeness (QED) is 0.880. The third kappa shape index (κ3) is 2.33. The van der Waals surface area contributed by atoms with Crippen LogP contribution in [0.3, 0.4) is 0 Å². The van der Waals surface area contributed by atoms with Crippen molar-refractivity contribution in [1.29, 1.82) is 0 Å². The molecule has 19 heavy (non-hydrogen) atoms. The zero-order valence-electron chi connectivity index (χ0n) is 10.2. The van der Waals surface area contributed by atoms with E-state index in [9.17, 15) is 4.79 Å². The first kappa shape index (κ1) is 12.2. The van der Waals surface area contributed by atoms with Crippen LogP contribution in [0.5, 0.6) is 0 Å². The van der Waals surface area contributed by atoms with Gasteiger partial charge in [-0.3, -0.25) is 4.79 Å². The van der Waals surface area contributed by atoms with E-state index in [1.54, 1.807) is 0 Å². The van der Waals surface area contributed by atoms with E-state index in [0.717, 1.165) is 30.2 Å². The number of carbonyl (C=O) groups is 1. The first-order valence-electron chi connectivity index (χ1n) is 6.21. The van der Waals surface area contributed by atoms with Crippen LogP contribution in [-0.2, 0) is 4.79 Å². The normalized spacial score (nSPS) is 19.2. The number of aromatic nitrogens is 2. The van der Waals surface area contributed by atoms with Gasteiger partial charge in [0, 0.05) is 17.3 Å². The van der Waals surface area contributed by atoms with Crippen molar-refractivity contribution in [1.82, 2.24) is 15.5 Å². The number of hydrogen-bond acceptors (Lipinski definition) is 4. The van der Waals surface area contributed by atoms with E-state index in [1.165, 1.54) is 0 Å².